The third kappa shape index (κ3) is 5.80. The van der Waals surface area contributed by atoms with Gasteiger partial charge in [0.25, 0.3) is 5.91 Å². The molecule has 4 N–H and O–H groups in total. The molecule has 2 rings (SSSR count). The van der Waals surface area contributed by atoms with Crippen molar-refractivity contribution in [2.45, 2.75) is 6.92 Å². The Balaban J connectivity index is 2.19. The molecule has 0 aliphatic rings. The number of halogens is 3. The average Bonchev–Trinajstić information content (AvgIpc) is 2.64. The summed E-state index contributed by atoms with van der Waals surface area (Å²) in [5.74, 6) is -3.50. The molecule has 2 aromatic rings. The number of hydrogen-bond acceptors (Lipinski definition) is 4. The van der Waals surface area contributed by atoms with Gasteiger partial charge in [-0.25, -0.2) is 18.4 Å². The van der Waals surface area contributed by atoms with Crippen LogP contribution in [0.5, 0.6) is 0 Å². The van der Waals surface area contributed by atoms with Gasteiger partial charge in [0, 0.05) is 26.3 Å². The second-order valence-corrected chi connectivity index (χ2v) is 6.67. The first kappa shape index (κ1) is 22.9. The van der Waals surface area contributed by atoms with Gasteiger partial charge in [0.1, 0.15) is 0 Å². The van der Waals surface area contributed by atoms with E-state index in [9.17, 15) is 23.2 Å². The number of nitrogens with zero attached hydrogens (tertiary/aromatic N) is 1. The smallest absolute Gasteiger partial charge is 0.326 e. The lowest BCUT2D eigenvalue weighted by Gasteiger charge is -2.19. The summed E-state index contributed by atoms with van der Waals surface area (Å²) in [6, 6.07) is 4.68. The maximum absolute atomic E-state index is 13.4. The minimum absolute atomic E-state index is 0.288. The Morgan fingerprint density at radius 3 is 2.30 bits per heavy atom. The molecule has 0 aromatic heterocycles. The van der Waals surface area contributed by atoms with E-state index < -0.39 is 35.2 Å². The first-order valence-electron chi connectivity index (χ1n) is 8.75. The number of imide groups is 1. The molecule has 0 saturated heterocycles. The highest BCUT2D eigenvalue weighted by Gasteiger charge is 2.18. The highest BCUT2D eigenvalue weighted by Crippen LogP contribution is 2.28. The van der Waals surface area contributed by atoms with Crippen LogP contribution >= 0.6 is 11.6 Å². The van der Waals surface area contributed by atoms with Crippen LogP contribution < -0.4 is 26.2 Å². The van der Waals surface area contributed by atoms with E-state index in [2.05, 4.69) is 16.0 Å². The second-order valence-electron chi connectivity index (χ2n) is 6.27. The fraction of sp³-hybridized carbons (Fsp3) is 0.211. The molecule has 5 amide bonds. The Labute approximate surface area is 176 Å². The number of hydrogen-bond donors (Lipinski definition) is 4. The van der Waals surface area contributed by atoms with E-state index in [0.29, 0.717) is 30.1 Å². The topological polar surface area (TPSA) is 103 Å². The van der Waals surface area contributed by atoms with Gasteiger partial charge in [-0.1, -0.05) is 11.6 Å². The maximum atomic E-state index is 13.4. The van der Waals surface area contributed by atoms with E-state index in [1.165, 1.54) is 6.07 Å². The molecule has 8 nitrogen and oxygen atoms in total. The van der Waals surface area contributed by atoms with Crippen molar-refractivity contribution < 1.29 is 23.2 Å². The predicted octanol–water partition coefficient (Wildman–Crippen LogP) is 3.79. The summed E-state index contributed by atoms with van der Waals surface area (Å²) >= 11 is 5.75. The number of amides is 5. The van der Waals surface area contributed by atoms with E-state index in [1.54, 1.807) is 38.1 Å². The zero-order valence-corrected chi connectivity index (χ0v) is 17.2. The van der Waals surface area contributed by atoms with Gasteiger partial charge in [-0.3, -0.25) is 10.1 Å². The van der Waals surface area contributed by atoms with E-state index >= 15 is 0 Å². The summed E-state index contributed by atoms with van der Waals surface area (Å²) in [5.41, 5.74) is 0.878. The number of carbonyl (C=O) groups is 3. The second kappa shape index (κ2) is 9.88. The Bertz CT molecular complexity index is 985. The monoisotopic (exact) mass is 439 g/mol. The average molecular weight is 440 g/mol. The highest BCUT2D eigenvalue weighted by molar-refractivity contribution is 6.34. The summed E-state index contributed by atoms with van der Waals surface area (Å²) < 4.78 is 26.5. The fourth-order valence-electron chi connectivity index (χ4n) is 2.46. The van der Waals surface area contributed by atoms with Gasteiger partial charge in [-0.2, -0.15) is 0 Å². The summed E-state index contributed by atoms with van der Waals surface area (Å²) in [7, 11) is 3.48. The first-order chi connectivity index (χ1) is 14.1. The Hall–Kier alpha value is -3.40. The van der Waals surface area contributed by atoms with Crippen LogP contribution in [0.3, 0.4) is 0 Å². The molecular weight excluding hydrogens is 420 g/mol. The molecule has 0 aliphatic carbocycles. The highest BCUT2D eigenvalue weighted by atomic mass is 35.5. The quantitative estimate of drug-likeness (QED) is 0.532. The molecule has 0 bridgehead atoms. The minimum atomic E-state index is -1.27. The van der Waals surface area contributed by atoms with Crippen molar-refractivity contribution in [3.8, 4) is 0 Å². The van der Waals surface area contributed by atoms with Gasteiger partial charge in [-0.05, 0) is 37.3 Å². The first-order valence-corrected chi connectivity index (χ1v) is 9.13. The van der Waals surface area contributed by atoms with Crippen LogP contribution in [0.25, 0.3) is 0 Å². The molecule has 0 radical (unpaired) electrons. The van der Waals surface area contributed by atoms with E-state index in [4.69, 9.17) is 11.6 Å². The SMILES string of the molecule is CCNC(=O)Nc1ccc(N(C)C)c(NC(=O)NC(=O)c2cc(F)c(F)cc2Cl)c1. The van der Waals surface area contributed by atoms with Crippen molar-refractivity contribution in [1.82, 2.24) is 10.6 Å². The number of benzene rings is 2. The van der Waals surface area contributed by atoms with Gasteiger partial charge in [-0.15, -0.1) is 0 Å². The molecule has 160 valence electrons. The van der Waals surface area contributed by atoms with Crippen molar-refractivity contribution >= 4 is 46.6 Å². The Kier molecular flexibility index (Phi) is 7.54. The summed E-state index contributed by atoms with van der Waals surface area (Å²) in [6.07, 6.45) is 0. The molecule has 30 heavy (non-hydrogen) atoms. The predicted molar refractivity (Wildman–Crippen MR) is 111 cm³/mol. The lowest BCUT2D eigenvalue weighted by atomic mass is 10.2. The number of urea groups is 2. The molecule has 2 aromatic carbocycles. The minimum Gasteiger partial charge on any atom is -0.376 e. The zero-order chi connectivity index (χ0) is 22.4. The van der Waals surface area contributed by atoms with Gasteiger partial charge in [0.2, 0.25) is 0 Å². The van der Waals surface area contributed by atoms with Gasteiger partial charge < -0.3 is 20.9 Å². The number of carbonyl (C=O) groups excluding carboxylic acids is 3. The molecular formula is C19H20ClF2N5O3. The van der Waals surface area contributed by atoms with Crippen molar-refractivity contribution in [2.75, 3.05) is 36.2 Å². The van der Waals surface area contributed by atoms with Crippen LogP contribution in [0.2, 0.25) is 5.02 Å². The molecule has 0 spiro atoms. The normalized spacial score (nSPS) is 10.2. The summed E-state index contributed by atoms with van der Waals surface area (Å²) in [4.78, 5) is 37.9. The van der Waals surface area contributed by atoms with Crippen molar-refractivity contribution in [2.24, 2.45) is 0 Å². The molecule has 0 unspecified atom stereocenters. The van der Waals surface area contributed by atoms with E-state index in [1.807, 2.05) is 5.32 Å². The zero-order valence-electron chi connectivity index (χ0n) is 16.4. The van der Waals surface area contributed by atoms with Crippen LogP contribution in [0.4, 0.5) is 35.4 Å². The molecule has 0 saturated carbocycles. The third-order valence-corrected chi connectivity index (χ3v) is 4.12. The lowest BCUT2D eigenvalue weighted by Crippen LogP contribution is -2.35. The Morgan fingerprint density at radius 2 is 1.67 bits per heavy atom. The van der Waals surface area contributed by atoms with Crippen LogP contribution in [-0.4, -0.2) is 38.6 Å². The van der Waals surface area contributed by atoms with Gasteiger partial charge >= 0.3 is 12.1 Å². The van der Waals surface area contributed by atoms with E-state index in [0.717, 1.165) is 0 Å². The molecule has 11 heteroatoms. The van der Waals surface area contributed by atoms with Crippen molar-refractivity contribution in [3.05, 3.63) is 52.6 Å². The lowest BCUT2D eigenvalue weighted by molar-refractivity contribution is 0.0966. The third-order valence-electron chi connectivity index (χ3n) is 3.80. The summed E-state index contributed by atoms with van der Waals surface area (Å²) in [6.45, 7) is 2.20. The molecule has 0 atom stereocenters. The standard InChI is InChI=1S/C19H20ClF2N5O3/c1-4-23-18(29)24-10-5-6-16(27(2)3)15(7-10)25-19(30)26-17(28)11-8-13(21)14(22)9-12(11)20/h5-9H,4H2,1-3H3,(H2,23,24,29)(H2,25,26,28,30). The molecule has 0 aliphatic heterocycles. The Morgan fingerprint density at radius 1 is 1.00 bits per heavy atom. The van der Waals surface area contributed by atoms with E-state index in [-0.39, 0.29) is 10.7 Å². The van der Waals surface area contributed by atoms with Gasteiger partial charge in [0.05, 0.1) is 22.0 Å². The number of nitrogens with one attached hydrogen (secondary N) is 4. The molecule has 0 fully saturated rings. The fourth-order valence-corrected chi connectivity index (χ4v) is 2.70. The van der Waals surface area contributed by atoms with Crippen molar-refractivity contribution in [3.63, 3.8) is 0 Å². The summed E-state index contributed by atoms with van der Waals surface area (Å²) in [5, 5.41) is 9.32. The van der Waals surface area contributed by atoms with Crippen LogP contribution in [0.1, 0.15) is 17.3 Å². The number of rotatable bonds is 5. The number of anilines is 3. The van der Waals surface area contributed by atoms with Crippen LogP contribution in [-0.2, 0) is 0 Å². The van der Waals surface area contributed by atoms with Crippen LogP contribution in [0, 0.1) is 11.6 Å². The van der Waals surface area contributed by atoms with Crippen molar-refractivity contribution in [1.29, 1.82) is 0 Å². The molecule has 0 heterocycles. The van der Waals surface area contributed by atoms with Crippen LogP contribution in [0.15, 0.2) is 30.3 Å². The van der Waals surface area contributed by atoms with Gasteiger partial charge in [0.15, 0.2) is 11.6 Å². The largest absolute Gasteiger partial charge is 0.376 e. The maximum Gasteiger partial charge on any atom is 0.326 e.